The number of hydrogen-bond donors (Lipinski definition) is 0. The Bertz CT molecular complexity index is 365. The van der Waals surface area contributed by atoms with Crippen molar-refractivity contribution in [2.45, 2.75) is 96.7 Å². The highest BCUT2D eigenvalue weighted by Crippen LogP contribution is 2.63. The quantitative estimate of drug-likeness (QED) is 0.713. The molecule has 3 nitrogen and oxygen atoms in total. The summed E-state index contributed by atoms with van der Waals surface area (Å²) in [4.78, 5) is 13.1. The molecule has 0 unspecified atom stereocenters. The van der Waals surface area contributed by atoms with Gasteiger partial charge in [-0.3, -0.25) is 4.79 Å². The summed E-state index contributed by atoms with van der Waals surface area (Å²) >= 11 is 0. The Kier molecular flexibility index (Phi) is 5.47. The Balaban J connectivity index is 1.47. The van der Waals surface area contributed by atoms with Crippen molar-refractivity contribution in [3.05, 3.63) is 0 Å². The number of ketones is 1. The van der Waals surface area contributed by atoms with E-state index < -0.39 is 0 Å². The first-order valence-corrected chi connectivity index (χ1v) is 9.92. The van der Waals surface area contributed by atoms with E-state index in [4.69, 9.17) is 9.47 Å². The summed E-state index contributed by atoms with van der Waals surface area (Å²) in [6.45, 7) is 6.05. The topological polar surface area (TPSA) is 35.5 Å². The molecule has 0 aromatic carbocycles. The largest absolute Gasteiger partial charge is 0.378 e. The van der Waals surface area contributed by atoms with Gasteiger partial charge in [0, 0.05) is 24.0 Å². The summed E-state index contributed by atoms with van der Waals surface area (Å²) in [5, 5.41) is 0. The van der Waals surface area contributed by atoms with Crippen LogP contribution >= 0.6 is 0 Å². The zero-order chi connectivity index (χ0) is 16.3. The summed E-state index contributed by atoms with van der Waals surface area (Å²) in [5.74, 6) is 0.605. The third-order valence-electron chi connectivity index (χ3n) is 6.53. The SMILES string of the molecule is CCCOC1CCC2(CC1)CC1(CCC(OCCC)CC1)C2=O. The van der Waals surface area contributed by atoms with Crippen LogP contribution in [0.5, 0.6) is 0 Å². The first-order chi connectivity index (χ1) is 11.1. The number of ether oxygens (including phenoxy) is 2. The fourth-order valence-corrected chi connectivity index (χ4v) is 5.26. The minimum absolute atomic E-state index is 0.0309. The average Bonchev–Trinajstić information content (AvgIpc) is 2.60. The van der Waals surface area contributed by atoms with Gasteiger partial charge in [-0.1, -0.05) is 13.8 Å². The summed E-state index contributed by atoms with van der Waals surface area (Å²) < 4.78 is 11.8. The van der Waals surface area contributed by atoms with Gasteiger partial charge in [-0.05, 0) is 70.6 Å². The van der Waals surface area contributed by atoms with Gasteiger partial charge in [-0.2, -0.15) is 0 Å². The van der Waals surface area contributed by atoms with E-state index in [0.717, 1.165) is 83.8 Å². The highest BCUT2D eigenvalue weighted by molar-refractivity contribution is 5.96. The molecule has 3 aliphatic carbocycles. The molecule has 132 valence electrons. The molecule has 0 radical (unpaired) electrons. The molecule has 0 bridgehead atoms. The van der Waals surface area contributed by atoms with E-state index in [1.54, 1.807) is 0 Å². The van der Waals surface area contributed by atoms with Gasteiger partial charge in [-0.15, -0.1) is 0 Å². The molecule has 2 spiro atoms. The first kappa shape index (κ1) is 17.4. The van der Waals surface area contributed by atoms with Crippen LogP contribution in [0.25, 0.3) is 0 Å². The van der Waals surface area contributed by atoms with Gasteiger partial charge in [0.05, 0.1) is 12.2 Å². The average molecular weight is 322 g/mol. The number of Topliss-reactive ketones (excluding diaryl/α,β-unsaturated/α-hetero) is 1. The Morgan fingerprint density at radius 2 is 1.22 bits per heavy atom. The van der Waals surface area contributed by atoms with Crippen molar-refractivity contribution < 1.29 is 14.3 Å². The molecule has 0 aliphatic heterocycles. The molecule has 3 fully saturated rings. The second-order valence-electron chi connectivity index (χ2n) is 8.21. The predicted molar refractivity (Wildman–Crippen MR) is 91.5 cm³/mol. The van der Waals surface area contributed by atoms with Crippen molar-refractivity contribution >= 4 is 5.78 Å². The van der Waals surface area contributed by atoms with E-state index in [9.17, 15) is 4.79 Å². The van der Waals surface area contributed by atoms with Crippen LogP contribution < -0.4 is 0 Å². The van der Waals surface area contributed by atoms with E-state index in [2.05, 4.69) is 13.8 Å². The van der Waals surface area contributed by atoms with E-state index in [-0.39, 0.29) is 10.8 Å². The molecule has 0 saturated heterocycles. The number of rotatable bonds is 6. The molecule has 0 heterocycles. The fourth-order valence-electron chi connectivity index (χ4n) is 5.26. The van der Waals surface area contributed by atoms with E-state index in [1.807, 2.05) is 0 Å². The number of carbonyl (C=O) groups is 1. The van der Waals surface area contributed by atoms with Crippen molar-refractivity contribution in [1.29, 1.82) is 0 Å². The Morgan fingerprint density at radius 3 is 1.52 bits per heavy atom. The molecule has 0 atom stereocenters. The molecule has 3 saturated carbocycles. The van der Waals surface area contributed by atoms with Crippen LogP contribution in [0.2, 0.25) is 0 Å². The normalized spacial score (nSPS) is 40.5. The zero-order valence-electron chi connectivity index (χ0n) is 15.1. The predicted octanol–water partition coefficient (Wildman–Crippen LogP) is 4.67. The molecule has 0 aromatic rings. The molecule has 3 rings (SSSR count). The second-order valence-corrected chi connectivity index (χ2v) is 8.21. The summed E-state index contributed by atoms with van der Waals surface area (Å²) in [5.41, 5.74) is 0.0619. The third kappa shape index (κ3) is 3.37. The molecular weight excluding hydrogens is 288 g/mol. The summed E-state index contributed by atoms with van der Waals surface area (Å²) in [6.07, 6.45) is 12.8. The van der Waals surface area contributed by atoms with E-state index >= 15 is 0 Å². The molecule has 0 aromatic heterocycles. The van der Waals surface area contributed by atoms with E-state index in [0.29, 0.717) is 18.0 Å². The maximum Gasteiger partial charge on any atom is 0.145 e. The minimum atomic E-state index is 0.0309. The highest BCUT2D eigenvalue weighted by Gasteiger charge is 2.63. The second kappa shape index (κ2) is 7.23. The molecule has 3 aliphatic rings. The Labute approximate surface area is 141 Å². The molecular formula is C20H34O3. The van der Waals surface area contributed by atoms with Crippen molar-refractivity contribution in [2.75, 3.05) is 13.2 Å². The third-order valence-corrected chi connectivity index (χ3v) is 6.53. The van der Waals surface area contributed by atoms with Gasteiger partial charge < -0.3 is 9.47 Å². The van der Waals surface area contributed by atoms with Gasteiger partial charge in [-0.25, -0.2) is 0 Å². The smallest absolute Gasteiger partial charge is 0.145 e. The maximum atomic E-state index is 13.1. The van der Waals surface area contributed by atoms with Crippen molar-refractivity contribution in [2.24, 2.45) is 10.8 Å². The van der Waals surface area contributed by atoms with Gasteiger partial charge in [0.1, 0.15) is 5.78 Å². The van der Waals surface area contributed by atoms with Gasteiger partial charge in [0.25, 0.3) is 0 Å². The van der Waals surface area contributed by atoms with Gasteiger partial charge >= 0.3 is 0 Å². The van der Waals surface area contributed by atoms with Crippen LogP contribution in [0.4, 0.5) is 0 Å². The van der Waals surface area contributed by atoms with Crippen molar-refractivity contribution in [1.82, 2.24) is 0 Å². The monoisotopic (exact) mass is 322 g/mol. The zero-order valence-corrected chi connectivity index (χ0v) is 15.1. The fraction of sp³-hybridized carbons (Fsp3) is 0.950. The van der Waals surface area contributed by atoms with Gasteiger partial charge in [0.15, 0.2) is 0 Å². The lowest BCUT2D eigenvalue weighted by molar-refractivity contribution is -0.173. The Morgan fingerprint density at radius 1 is 0.826 bits per heavy atom. The lowest BCUT2D eigenvalue weighted by Gasteiger charge is -2.59. The standard InChI is InChI=1S/C20H34O3/c1-3-13-22-16-5-9-19(10-6-16)15-20(18(19)21)11-7-17(8-12-20)23-14-4-2/h16-17H,3-15H2,1-2H3. The molecule has 23 heavy (non-hydrogen) atoms. The molecule has 0 amide bonds. The van der Waals surface area contributed by atoms with E-state index in [1.165, 1.54) is 0 Å². The first-order valence-electron chi connectivity index (χ1n) is 9.92. The lowest BCUT2D eigenvalue weighted by atomic mass is 9.44. The van der Waals surface area contributed by atoms with Crippen LogP contribution in [0.1, 0.15) is 84.5 Å². The van der Waals surface area contributed by atoms with Gasteiger partial charge in [0.2, 0.25) is 0 Å². The van der Waals surface area contributed by atoms with Crippen LogP contribution in [0.3, 0.4) is 0 Å². The van der Waals surface area contributed by atoms with Crippen LogP contribution in [-0.4, -0.2) is 31.2 Å². The number of carbonyl (C=O) groups excluding carboxylic acids is 1. The summed E-state index contributed by atoms with van der Waals surface area (Å²) in [7, 11) is 0. The Hall–Kier alpha value is -0.410. The highest BCUT2D eigenvalue weighted by atomic mass is 16.5. The van der Waals surface area contributed by atoms with Crippen LogP contribution in [-0.2, 0) is 14.3 Å². The summed E-state index contributed by atoms with van der Waals surface area (Å²) in [6, 6.07) is 0. The van der Waals surface area contributed by atoms with Crippen molar-refractivity contribution in [3.8, 4) is 0 Å². The molecule has 3 heteroatoms. The lowest BCUT2D eigenvalue weighted by Crippen LogP contribution is -2.60. The molecule has 0 N–H and O–H groups in total. The minimum Gasteiger partial charge on any atom is -0.378 e. The van der Waals surface area contributed by atoms with Crippen LogP contribution in [0.15, 0.2) is 0 Å². The number of hydrogen-bond acceptors (Lipinski definition) is 3. The van der Waals surface area contributed by atoms with Crippen molar-refractivity contribution in [3.63, 3.8) is 0 Å². The maximum absolute atomic E-state index is 13.1. The van der Waals surface area contributed by atoms with Crippen LogP contribution in [0, 0.1) is 10.8 Å².